The van der Waals surface area contributed by atoms with E-state index in [9.17, 15) is 4.79 Å². The molecule has 1 heterocycles. The zero-order chi connectivity index (χ0) is 18.1. The van der Waals surface area contributed by atoms with Crippen LogP contribution in [0.25, 0.3) is 0 Å². The van der Waals surface area contributed by atoms with E-state index < -0.39 is 5.60 Å². The Kier molecular flexibility index (Phi) is 4.09. The Labute approximate surface area is 153 Å². The Morgan fingerprint density at radius 3 is 1.88 bits per heavy atom. The predicted octanol–water partition coefficient (Wildman–Crippen LogP) is 4.71. The minimum absolute atomic E-state index is 0.0281. The number of hydrogen-bond donors (Lipinski definition) is 0. The number of amides is 1. The third-order valence-electron chi connectivity index (χ3n) is 4.95. The molecule has 0 N–H and O–H groups in total. The number of rotatable bonds is 2. The molecule has 4 rings (SSSR count). The molecule has 1 atom stereocenters. The number of fused-ring (bicyclic) bond motifs is 1. The van der Waals surface area contributed by atoms with E-state index in [4.69, 9.17) is 4.74 Å². The summed E-state index contributed by atoms with van der Waals surface area (Å²) in [4.78, 5) is 14.0. The molecular formula is C23H21NO2. The van der Waals surface area contributed by atoms with Crippen LogP contribution in [0, 0.1) is 0 Å². The van der Waals surface area contributed by atoms with Crippen molar-refractivity contribution in [2.24, 2.45) is 0 Å². The summed E-state index contributed by atoms with van der Waals surface area (Å²) in [5.41, 5.74) is 3.21. The molecule has 0 saturated carbocycles. The van der Waals surface area contributed by atoms with Gasteiger partial charge in [-0.2, -0.15) is 0 Å². The van der Waals surface area contributed by atoms with Crippen LogP contribution in [-0.2, 0) is 15.1 Å². The Morgan fingerprint density at radius 2 is 1.35 bits per heavy atom. The fraction of sp³-hybridized carbons (Fsp3) is 0.174. The normalized spacial score (nSPS) is 18.2. The second-order valence-corrected chi connectivity index (χ2v) is 6.54. The molecule has 130 valence electrons. The molecule has 3 heteroatoms. The van der Waals surface area contributed by atoms with Gasteiger partial charge < -0.3 is 4.74 Å². The predicted molar refractivity (Wildman–Crippen MR) is 103 cm³/mol. The summed E-state index contributed by atoms with van der Waals surface area (Å²) < 4.78 is 6.65. The molecule has 0 unspecified atom stereocenters. The standard InChI is InChI=1S/C23H21NO2/c1-17(25)24-18(2)26-23(19-11-5-3-6-12-19,20-13-7-4-8-14-20)21-15-9-10-16-22(21)24/h3-16,18H,1-2H3/t18-/m1/s1. The lowest BCUT2D eigenvalue weighted by Crippen LogP contribution is -2.51. The Morgan fingerprint density at radius 1 is 0.846 bits per heavy atom. The van der Waals surface area contributed by atoms with Crippen LogP contribution in [0.4, 0.5) is 5.69 Å². The third-order valence-corrected chi connectivity index (χ3v) is 4.95. The van der Waals surface area contributed by atoms with Crippen LogP contribution in [0.5, 0.6) is 0 Å². The second kappa shape index (κ2) is 6.43. The first-order chi connectivity index (χ1) is 12.6. The number of nitrogens with zero attached hydrogens (tertiary/aromatic N) is 1. The largest absolute Gasteiger partial charge is 0.338 e. The lowest BCUT2D eigenvalue weighted by atomic mass is 9.78. The number of para-hydroxylation sites is 1. The van der Waals surface area contributed by atoms with Crippen molar-refractivity contribution in [2.75, 3.05) is 4.90 Å². The number of benzene rings is 3. The van der Waals surface area contributed by atoms with Crippen LogP contribution in [0.3, 0.4) is 0 Å². The summed E-state index contributed by atoms with van der Waals surface area (Å²) in [6.45, 7) is 3.51. The van der Waals surface area contributed by atoms with Gasteiger partial charge in [0.1, 0.15) is 11.8 Å². The monoisotopic (exact) mass is 343 g/mol. The van der Waals surface area contributed by atoms with Gasteiger partial charge in [-0.05, 0) is 24.1 Å². The third kappa shape index (κ3) is 2.44. The van der Waals surface area contributed by atoms with E-state index in [2.05, 4.69) is 30.3 Å². The highest BCUT2D eigenvalue weighted by Gasteiger charge is 2.46. The molecule has 0 bridgehead atoms. The summed E-state index contributed by atoms with van der Waals surface area (Å²) in [6.07, 6.45) is -0.386. The van der Waals surface area contributed by atoms with Crippen LogP contribution in [0.1, 0.15) is 30.5 Å². The maximum absolute atomic E-state index is 12.3. The summed E-state index contributed by atoms with van der Waals surface area (Å²) in [5, 5.41) is 0. The number of hydrogen-bond acceptors (Lipinski definition) is 2. The van der Waals surface area contributed by atoms with Crippen molar-refractivity contribution in [3.63, 3.8) is 0 Å². The molecule has 1 aliphatic heterocycles. The smallest absolute Gasteiger partial charge is 0.225 e. The molecule has 0 radical (unpaired) electrons. The van der Waals surface area contributed by atoms with E-state index in [1.807, 2.05) is 61.5 Å². The number of ether oxygens (including phenoxy) is 1. The average Bonchev–Trinajstić information content (AvgIpc) is 2.68. The zero-order valence-corrected chi connectivity index (χ0v) is 14.9. The number of carbonyl (C=O) groups excluding carboxylic acids is 1. The van der Waals surface area contributed by atoms with Gasteiger partial charge in [0, 0.05) is 12.5 Å². The van der Waals surface area contributed by atoms with E-state index >= 15 is 0 Å². The van der Waals surface area contributed by atoms with Gasteiger partial charge in [-0.3, -0.25) is 9.69 Å². The summed E-state index contributed by atoms with van der Waals surface area (Å²) in [6, 6.07) is 28.4. The van der Waals surface area contributed by atoms with Crippen molar-refractivity contribution in [2.45, 2.75) is 25.7 Å². The van der Waals surface area contributed by atoms with Crippen molar-refractivity contribution >= 4 is 11.6 Å². The van der Waals surface area contributed by atoms with Gasteiger partial charge >= 0.3 is 0 Å². The highest BCUT2D eigenvalue weighted by Crippen LogP contribution is 2.48. The van der Waals surface area contributed by atoms with E-state index in [1.54, 1.807) is 11.8 Å². The van der Waals surface area contributed by atoms with Crippen LogP contribution >= 0.6 is 0 Å². The van der Waals surface area contributed by atoms with Crippen LogP contribution in [0.15, 0.2) is 84.9 Å². The highest BCUT2D eigenvalue weighted by atomic mass is 16.5. The first-order valence-electron chi connectivity index (χ1n) is 8.83. The number of carbonyl (C=O) groups is 1. The van der Waals surface area contributed by atoms with Gasteiger partial charge in [-0.25, -0.2) is 0 Å². The van der Waals surface area contributed by atoms with Gasteiger partial charge in [-0.15, -0.1) is 0 Å². The number of anilines is 1. The van der Waals surface area contributed by atoms with Crippen molar-refractivity contribution in [1.29, 1.82) is 0 Å². The molecule has 26 heavy (non-hydrogen) atoms. The molecule has 1 aliphatic rings. The van der Waals surface area contributed by atoms with Crippen molar-refractivity contribution in [3.05, 3.63) is 102 Å². The van der Waals surface area contributed by atoms with E-state index in [1.165, 1.54) is 0 Å². The summed E-state index contributed by atoms with van der Waals surface area (Å²) in [5.74, 6) is -0.0281. The summed E-state index contributed by atoms with van der Waals surface area (Å²) in [7, 11) is 0. The SMILES string of the molecule is CC(=O)N1c2ccccc2C(c2ccccc2)(c2ccccc2)O[C@@H]1C. The lowest BCUT2D eigenvalue weighted by Gasteiger charge is -2.47. The van der Waals surface area contributed by atoms with Gasteiger partial charge in [0.15, 0.2) is 0 Å². The average molecular weight is 343 g/mol. The first kappa shape index (κ1) is 16.6. The maximum atomic E-state index is 12.3. The first-order valence-corrected chi connectivity index (χ1v) is 8.83. The van der Waals surface area contributed by atoms with Crippen LogP contribution < -0.4 is 4.90 Å². The molecule has 0 spiro atoms. The van der Waals surface area contributed by atoms with E-state index in [0.717, 1.165) is 22.4 Å². The minimum Gasteiger partial charge on any atom is -0.338 e. The van der Waals surface area contributed by atoms with Crippen LogP contribution in [0.2, 0.25) is 0 Å². The quantitative estimate of drug-likeness (QED) is 0.674. The van der Waals surface area contributed by atoms with Gasteiger partial charge in [0.05, 0.1) is 5.69 Å². The highest BCUT2D eigenvalue weighted by molar-refractivity contribution is 5.93. The van der Waals surface area contributed by atoms with Crippen LogP contribution in [-0.4, -0.2) is 12.1 Å². The minimum atomic E-state index is -0.759. The topological polar surface area (TPSA) is 29.5 Å². The Hall–Kier alpha value is -2.91. The van der Waals surface area contributed by atoms with Gasteiger partial charge in [0.2, 0.25) is 5.91 Å². The molecule has 0 aromatic heterocycles. The fourth-order valence-corrected chi connectivity index (χ4v) is 3.93. The zero-order valence-electron chi connectivity index (χ0n) is 14.9. The lowest BCUT2D eigenvalue weighted by molar-refractivity contribution is -0.122. The molecule has 0 aliphatic carbocycles. The van der Waals surface area contributed by atoms with E-state index in [-0.39, 0.29) is 12.1 Å². The molecular weight excluding hydrogens is 322 g/mol. The molecule has 3 nitrogen and oxygen atoms in total. The van der Waals surface area contributed by atoms with Gasteiger partial charge in [0.25, 0.3) is 0 Å². The molecule has 0 fully saturated rings. The van der Waals surface area contributed by atoms with Crippen molar-refractivity contribution in [3.8, 4) is 0 Å². The Balaban J connectivity index is 2.06. The Bertz CT molecular complexity index is 882. The molecule has 1 amide bonds. The van der Waals surface area contributed by atoms with Crippen molar-refractivity contribution < 1.29 is 9.53 Å². The molecule has 3 aromatic rings. The molecule has 3 aromatic carbocycles. The second-order valence-electron chi connectivity index (χ2n) is 6.54. The maximum Gasteiger partial charge on any atom is 0.225 e. The fourth-order valence-electron chi connectivity index (χ4n) is 3.93. The molecule has 0 saturated heterocycles. The summed E-state index contributed by atoms with van der Waals surface area (Å²) >= 11 is 0. The van der Waals surface area contributed by atoms with Crippen molar-refractivity contribution in [1.82, 2.24) is 0 Å². The van der Waals surface area contributed by atoms with E-state index in [0.29, 0.717) is 0 Å². The van der Waals surface area contributed by atoms with Gasteiger partial charge in [-0.1, -0.05) is 78.9 Å².